The normalized spacial score (nSPS) is 14.4. The van der Waals surface area contributed by atoms with Gasteiger partial charge in [-0.25, -0.2) is 9.78 Å². The van der Waals surface area contributed by atoms with Gasteiger partial charge in [0.25, 0.3) is 5.91 Å². The number of carbonyl (C=O) groups excluding carboxylic acids is 2. The monoisotopic (exact) mass is 445 g/mol. The number of likely N-dealkylation sites (tertiary alicyclic amines) is 1. The molecule has 9 nitrogen and oxygen atoms in total. The quantitative estimate of drug-likeness (QED) is 0.509. The molecular weight excluding hydrogens is 418 g/mol. The SMILES string of the molecule is CC(C)[C@H](C)Nc1nc(Nc2ccc(Cl)c(NC(=O)N3CCCC3)c2)ncc1C(N)=O. The van der Waals surface area contributed by atoms with Gasteiger partial charge in [0, 0.05) is 31.0 Å². The minimum atomic E-state index is -0.608. The summed E-state index contributed by atoms with van der Waals surface area (Å²) < 4.78 is 0. The molecule has 1 aromatic heterocycles. The molecule has 2 heterocycles. The van der Waals surface area contributed by atoms with E-state index in [9.17, 15) is 9.59 Å². The Hall–Kier alpha value is -3.07. The van der Waals surface area contributed by atoms with Crippen LogP contribution in [0.2, 0.25) is 5.02 Å². The smallest absolute Gasteiger partial charge is 0.321 e. The summed E-state index contributed by atoms with van der Waals surface area (Å²) in [5.74, 6) is 0.360. The van der Waals surface area contributed by atoms with E-state index in [4.69, 9.17) is 17.3 Å². The minimum absolute atomic E-state index is 0.0729. The molecular formula is C21H28ClN7O2. The summed E-state index contributed by atoms with van der Waals surface area (Å²) in [5.41, 5.74) is 6.81. The summed E-state index contributed by atoms with van der Waals surface area (Å²) >= 11 is 6.26. The number of urea groups is 1. The highest BCUT2D eigenvalue weighted by Crippen LogP contribution is 2.28. The van der Waals surface area contributed by atoms with Crippen LogP contribution in [0.15, 0.2) is 24.4 Å². The molecule has 3 rings (SSSR count). The first-order chi connectivity index (χ1) is 14.7. The van der Waals surface area contributed by atoms with Crippen LogP contribution in [-0.2, 0) is 0 Å². The maximum atomic E-state index is 12.4. The highest BCUT2D eigenvalue weighted by Gasteiger charge is 2.19. The molecule has 0 saturated carbocycles. The molecule has 1 saturated heterocycles. The average molecular weight is 446 g/mol. The summed E-state index contributed by atoms with van der Waals surface area (Å²) in [4.78, 5) is 34.5. The van der Waals surface area contributed by atoms with Crippen LogP contribution in [0, 0.1) is 5.92 Å². The van der Waals surface area contributed by atoms with Gasteiger partial charge < -0.3 is 26.6 Å². The molecule has 1 atom stereocenters. The number of rotatable bonds is 7. The van der Waals surface area contributed by atoms with Crippen molar-refractivity contribution in [3.8, 4) is 0 Å². The van der Waals surface area contributed by atoms with E-state index in [-0.39, 0.29) is 23.6 Å². The first kappa shape index (κ1) is 22.6. The third-order valence-corrected chi connectivity index (χ3v) is 5.61. The van der Waals surface area contributed by atoms with Crippen molar-refractivity contribution in [3.63, 3.8) is 0 Å². The number of nitrogens with two attached hydrogens (primary N) is 1. The number of nitrogens with one attached hydrogen (secondary N) is 3. The van der Waals surface area contributed by atoms with Crippen molar-refractivity contribution >= 4 is 46.7 Å². The van der Waals surface area contributed by atoms with E-state index in [0.717, 1.165) is 25.9 Å². The predicted molar refractivity (Wildman–Crippen MR) is 123 cm³/mol. The Morgan fingerprint density at radius 3 is 2.55 bits per heavy atom. The number of primary amides is 1. The first-order valence-corrected chi connectivity index (χ1v) is 10.7. The molecule has 0 unspecified atom stereocenters. The molecule has 5 N–H and O–H groups in total. The minimum Gasteiger partial charge on any atom is -0.367 e. The van der Waals surface area contributed by atoms with Gasteiger partial charge in [0.05, 0.1) is 16.3 Å². The maximum Gasteiger partial charge on any atom is 0.321 e. The number of amides is 3. The molecule has 1 aliphatic rings. The number of hydrogen-bond donors (Lipinski definition) is 4. The van der Waals surface area contributed by atoms with Crippen LogP contribution >= 0.6 is 11.6 Å². The third kappa shape index (κ3) is 5.75. The van der Waals surface area contributed by atoms with Crippen molar-refractivity contribution in [1.82, 2.24) is 14.9 Å². The third-order valence-electron chi connectivity index (χ3n) is 5.28. The van der Waals surface area contributed by atoms with Crippen LogP contribution in [0.5, 0.6) is 0 Å². The molecule has 1 aromatic carbocycles. The molecule has 166 valence electrons. The van der Waals surface area contributed by atoms with Crippen LogP contribution in [0.1, 0.15) is 44.0 Å². The highest BCUT2D eigenvalue weighted by atomic mass is 35.5. The summed E-state index contributed by atoms with van der Waals surface area (Å²) in [5, 5.41) is 9.59. The van der Waals surface area contributed by atoms with E-state index in [1.807, 2.05) is 6.92 Å². The number of nitrogens with zero attached hydrogens (tertiary/aromatic N) is 3. The van der Waals surface area contributed by atoms with E-state index in [2.05, 4.69) is 39.8 Å². The molecule has 2 aromatic rings. The lowest BCUT2D eigenvalue weighted by molar-refractivity contribution is 0.100. The topological polar surface area (TPSA) is 125 Å². The number of aromatic nitrogens is 2. The second-order valence-electron chi connectivity index (χ2n) is 7.94. The largest absolute Gasteiger partial charge is 0.367 e. The van der Waals surface area contributed by atoms with E-state index < -0.39 is 5.91 Å². The van der Waals surface area contributed by atoms with Gasteiger partial charge in [-0.1, -0.05) is 25.4 Å². The molecule has 1 fully saturated rings. The second kappa shape index (κ2) is 9.82. The Bertz CT molecular complexity index is 961. The molecule has 0 bridgehead atoms. The van der Waals surface area contributed by atoms with Crippen molar-refractivity contribution in [2.45, 2.75) is 39.7 Å². The lowest BCUT2D eigenvalue weighted by Gasteiger charge is -2.20. The molecule has 31 heavy (non-hydrogen) atoms. The molecule has 0 radical (unpaired) electrons. The Morgan fingerprint density at radius 2 is 1.90 bits per heavy atom. The summed E-state index contributed by atoms with van der Waals surface area (Å²) in [6.07, 6.45) is 3.40. The van der Waals surface area contributed by atoms with E-state index >= 15 is 0 Å². The average Bonchev–Trinajstić information content (AvgIpc) is 3.25. The number of benzene rings is 1. The summed E-state index contributed by atoms with van der Waals surface area (Å²) in [6.45, 7) is 7.61. The fraction of sp³-hybridized carbons (Fsp3) is 0.429. The molecule has 0 aliphatic carbocycles. The van der Waals surface area contributed by atoms with Crippen LogP contribution in [0.3, 0.4) is 0 Å². The van der Waals surface area contributed by atoms with Crippen LogP contribution in [-0.4, -0.2) is 45.9 Å². The molecule has 3 amide bonds. The van der Waals surface area contributed by atoms with E-state index in [1.54, 1.807) is 23.1 Å². The Kier molecular flexibility index (Phi) is 7.17. The molecule has 10 heteroatoms. The summed E-state index contributed by atoms with van der Waals surface area (Å²) in [7, 11) is 0. The van der Waals surface area contributed by atoms with Gasteiger partial charge in [0.15, 0.2) is 0 Å². The Labute approximate surface area is 186 Å². The van der Waals surface area contributed by atoms with Crippen LogP contribution in [0.4, 0.5) is 27.9 Å². The number of hydrogen-bond acceptors (Lipinski definition) is 6. The van der Waals surface area contributed by atoms with Crippen molar-refractivity contribution in [2.24, 2.45) is 11.7 Å². The Balaban J connectivity index is 1.79. The van der Waals surface area contributed by atoms with Gasteiger partial charge in [0.2, 0.25) is 5.95 Å². The van der Waals surface area contributed by atoms with E-state index in [1.165, 1.54) is 6.20 Å². The lowest BCUT2D eigenvalue weighted by atomic mass is 10.1. The van der Waals surface area contributed by atoms with Crippen LogP contribution in [0.25, 0.3) is 0 Å². The molecule has 1 aliphatic heterocycles. The van der Waals surface area contributed by atoms with Crippen molar-refractivity contribution in [1.29, 1.82) is 0 Å². The van der Waals surface area contributed by atoms with Crippen LogP contribution < -0.4 is 21.7 Å². The lowest BCUT2D eigenvalue weighted by Crippen LogP contribution is -2.32. The van der Waals surface area contributed by atoms with Gasteiger partial charge in [-0.15, -0.1) is 0 Å². The van der Waals surface area contributed by atoms with Crippen molar-refractivity contribution in [3.05, 3.63) is 35.0 Å². The highest BCUT2D eigenvalue weighted by molar-refractivity contribution is 6.33. The zero-order chi connectivity index (χ0) is 22.5. The molecule has 0 spiro atoms. The standard InChI is InChI=1S/C21H28ClN7O2/c1-12(2)13(3)25-19-15(18(23)30)11-24-20(28-19)26-14-6-7-16(22)17(10-14)27-21(31)29-8-4-5-9-29/h6-7,10-13H,4-5,8-9H2,1-3H3,(H2,23,30)(H,27,31)(H2,24,25,26,28)/t13-/m0/s1. The fourth-order valence-electron chi connectivity index (χ4n) is 3.06. The zero-order valence-corrected chi connectivity index (χ0v) is 18.7. The number of halogens is 1. The van der Waals surface area contributed by atoms with Gasteiger partial charge in [-0.2, -0.15) is 4.98 Å². The van der Waals surface area contributed by atoms with Gasteiger partial charge in [-0.05, 0) is 43.9 Å². The van der Waals surface area contributed by atoms with Crippen molar-refractivity contribution in [2.75, 3.05) is 29.0 Å². The van der Waals surface area contributed by atoms with E-state index in [0.29, 0.717) is 28.1 Å². The maximum absolute atomic E-state index is 12.4. The van der Waals surface area contributed by atoms with Crippen molar-refractivity contribution < 1.29 is 9.59 Å². The van der Waals surface area contributed by atoms with Gasteiger partial charge >= 0.3 is 6.03 Å². The zero-order valence-electron chi connectivity index (χ0n) is 17.9. The Morgan fingerprint density at radius 1 is 1.19 bits per heavy atom. The van der Waals surface area contributed by atoms with Gasteiger partial charge in [0.1, 0.15) is 5.82 Å². The number of carbonyl (C=O) groups is 2. The second-order valence-corrected chi connectivity index (χ2v) is 8.35. The number of anilines is 4. The van der Waals surface area contributed by atoms with Gasteiger partial charge in [-0.3, -0.25) is 4.79 Å². The first-order valence-electron chi connectivity index (χ1n) is 10.3. The predicted octanol–water partition coefficient (Wildman–Crippen LogP) is 4.06. The fourth-order valence-corrected chi connectivity index (χ4v) is 3.22. The summed E-state index contributed by atoms with van der Waals surface area (Å²) in [6, 6.07) is 5.05.